The van der Waals surface area contributed by atoms with Crippen molar-refractivity contribution in [2.24, 2.45) is 0 Å². The number of fused-ring (bicyclic) bond motifs is 1. The Hall–Kier alpha value is -1.65. The molecule has 0 aliphatic rings. The van der Waals surface area contributed by atoms with Crippen LogP contribution >= 0.6 is 11.3 Å². The monoisotopic (exact) mass is 299 g/mol. The predicted octanol–water partition coefficient (Wildman–Crippen LogP) is 3.90. The third-order valence-corrected chi connectivity index (χ3v) is 4.54. The summed E-state index contributed by atoms with van der Waals surface area (Å²) < 4.78 is 2.08. The molecule has 0 amide bonds. The maximum absolute atomic E-state index is 4.61. The highest BCUT2D eigenvalue weighted by Gasteiger charge is 2.17. The van der Waals surface area contributed by atoms with Crippen molar-refractivity contribution in [3.05, 3.63) is 59.4 Å². The molecular weight excluding hydrogens is 278 g/mol. The molecule has 1 aromatic carbocycles. The molecule has 3 nitrogen and oxygen atoms in total. The van der Waals surface area contributed by atoms with Crippen LogP contribution in [-0.4, -0.2) is 14.9 Å². The summed E-state index contributed by atoms with van der Waals surface area (Å²) in [6, 6.07) is 10.7. The number of aromatic nitrogens is 2. The van der Waals surface area contributed by atoms with Crippen LogP contribution in [0.15, 0.2) is 48.1 Å². The second kappa shape index (κ2) is 6.00. The van der Waals surface area contributed by atoms with Crippen LogP contribution in [0, 0.1) is 0 Å². The molecule has 4 heteroatoms. The molecule has 1 N–H and O–H groups in total. The molecule has 0 spiro atoms. The molecule has 110 valence electrons. The first kappa shape index (κ1) is 14.3. The van der Waals surface area contributed by atoms with Crippen LogP contribution < -0.4 is 5.32 Å². The number of nitrogens with one attached hydrogen (secondary N) is 1. The zero-order valence-corrected chi connectivity index (χ0v) is 13.4. The van der Waals surface area contributed by atoms with E-state index in [-0.39, 0.29) is 5.54 Å². The van der Waals surface area contributed by atoms with Crippen LogP contribution in [-0.2, 0) is 13.0 Å². The van der Waals surface area contributed by atoms with E-state index in [1.807, 2.05) is 0 Å². The average Bonchev–Trinajstić information content (AvgIpc) is 3.05. The van der Waals surface area contributed by atoms with E-state index in [2.05, 4.69) is 76.7 Å². The highest BCUT2D eigenvalue weighted by Crippen LogP contribution is 2.16. The summed E-state index contributed by atoms with van der Waals surface area (Å²) in [5, 5.41) is 5.68. The summed E-state index contributed by atoms with van der Waals surface area (Å²) in [7, 11) is 0. The minimum atomic E-state index is 0.104. The highest BCUT2D eigenvalue weighted by atomic mass is 32.1. The molecule has 2 aromatic heterocycles. The van der Waals surface area contributed by atoms with E-state index in [1.54, 1.807) is 11.3 Å². The lowest BCUT2D eigenvalue weighted by Crippen LogP contribution is -2.39. The minimum Gasteiger partial charge on any atom is -0.306 e. The summed E-state index contributed by atoms with van der Waals surface area (Å²) in [5.41, 5.74) is 2.61. The zero-order valence-electron chi connectivity index (χ0n) is 12.5. The van der Waals surface area contributed by atoms with Crippen LogP contribution in [0.5, 0.6) is 0 Å². The molecule has 0 unspecified atom stereocenters. The molecule has 21 heavy (non-hydrogen) atoms. The number of nitrogens with zero attached hydrogens (tertiary/aromatic N) is 2. The molecule has 0 saturated carbocycles. The lowest BCUT2D eigenvalue weighted by Gasteiger charge is -2.26. The van der Waals surface area contributed by atoms with Crippen molar-refractivity contribution >= 4 is 16.3 Å². The smallest absolute Gasteiger partial charge is 0.193 e. The van der Waals surface area contributed by atoms with E-state index in [9.17, 15) is 0 Å². The van der Waals surface area contributed by atoms with Crippen LogP contribution in [0.1, 0.15) is 31.5 Å². The fraction of sp³-hybridized carbons (Fsp3) is 0.353. The standard InChI is InChI=1S/C17H21N3S/c1-17(2,9-8-14-6-4-3-5-7-14)18-12-15-13-20-10-11-21-16(20)19-15/h3-7,10-11,13,18H,8-9,12H2,1-2H3. The summed E-state index contributed by atoms with van der Waals surface area (Å²) in [6.45, 7) is 5.33. The van der Waals surface area contributed by atoms with Crippen molar-refractivity contribution in [1.29, 1.82) is 0 Å². The van der Waals surface area contributed by atoms with Crippen molar-refractivity contribution in [1.82, 2.24) is 14.7 Å². The third kappa shape index (κ3) is 3.71. The molecule has 3 aromatic rings. The average molecular weight is 299 g/mol. The quantitative estimate of drug-likeness (QED) is 0.748. The third-order valence-electron chi connectivity index (χ3n) is 3.77. The zero-order chi connectivity index (χ0) is 14.7. The lowest BCUT2D eigenvalue weighted by atomic mass is 9.95. The number of aryl methyl sites for hydroxylation is 1. The lowest BCUT2D eigenvalue weighted by molar-refractivity contribution is 0.359. The molecule has 0 aliphatic heterocycles. The van der Waals surface area contributed by atoms with Gasteiger partial charge in [-0.2, -0.15) is 0 Å². The van der Waals surface area contributed by atoms with Gasteiger partial charge in [0.2, 0.25) is 0 Å². The number of hydrogen-bond donors (Lipinski definition) is 1. The van der Waals surface area contributed by atoms with Gasteiger partial charge in [-0.15, -0.1) is 11.3 Å². The highest BCUT2D eigenvalue weighted by molar-refractivity contribution is 7.15. The second-order valence-electron chi connectivity index (χ2n) is 6.05. The number of hydrogen-bond acceptors (Lipinski definition) is 3. The van der Waals surface area contributed by atoms with E-state index >= 15 is 0 Å². The van der Waals surface area contributed by atoms with Crippen molar-refractivity contribution in [3.63, 3.8) is 0 Å². The van der Waals surface area contributed by atoms with E-state index < -0.39 is 0 Å². The Kier molecular flexibility index (Phi) is 4.08. The molecule has 2 heterocycles. The first-order valence-electron chi connectivity index (χ1n) is 7.32. The Balaban J connectivity index is 1.54. The minimum absolute atomic E-state index is 0.104. The summed E-state index contributed by atoms with van der Waals surface area (Å²) >= 11 is 1.67. The maximum Gasteiger partial charge on any atom is 0.193 e. The van der Waals surface area contributed by atoms with Crippen molar-refractivity contribution in [2.45, 2.75) is 38.8 Å². The normalized spacial score (nSPS) is 12.1. The largest absolute Gasteiger partial charge is 0.306 e. The molecule has 0 aliphatic carbocycles. The molecular formula is C17H21N3S. The Bertz CT molecular complexity index is 668. The van der Waals surface area contributed by atoms with E-state index in [4.69, 9.17) is 0 Å². The van der Waals surface area contributed by atoms with E-state index in [0.29, 0.717) is 0 Å². The molecule has 0 saturated heterocycles. The Morgan fingerprint density at radius 2 is 2.05 bits per heavy atom. The van der Waals surface area contributed by atoms with Gasteiger partial charge >= 0.3 is 0 Å². The Morgan fingerprint density at radius 1 is 1.24 bits per heavy atom. The van der Waals surface area contributed by atoms with Gasteiger partial charge in [0.1, 0.15) is 0 Å². The van der Waals surface area contributed by atoms with Crippen LogP contribution in [0.3, 0.4) is 0 Å². The van der Waals surface area contributed by atoms with Gasteiger partial charge in [-0.1, -0.05) is 30.3 Å². The number of rotatable bonds is 6. The van der Waals surface area contributed by atoms with Gasteiger partial charge in [-0.3, -0.25) is 4.40 Å². The summed E-state index contributed by atoms with van der Waals surface area (Å²) in [6.07, 6.45) is 6.36. The summed E-state index contributed by atoms with van der Waals surface area (Å²) in [4.78, 5) is 5.68. The van der Waals surface area contributed by atoms with Gasteiger partial charge < -0.3 is 5.32 Å². The van der Waals surface area contributed by atoms with E-state index in [0.717, 1.165) is 30.0 Å². The Morgan fingerprint density at radius 3 is 2.81 bits per heavy atom. The number of imidazole rings is 1. The maximum atomic E-state index is 4.61. The fourth-order valence-corrected chi connectivity index (χ4v) is 3.10. The molecule has 3 rings (SSSR count). The van der Waals surface area contributed by atoms with Gasteiger partial charge in [0, 0.05) is 29.9 Å². The molecule has 0 fully saturated rings. The fourth-order valence-electron chi connectivity index (χ4n) is 2.38. The topological polar surface area (TPSA) is 29.3 Å². The first-order valence-corrected chi connectivity index (χ1v) is 8.20. The number of benzene rings is 1. The van der Waals surface area contributed by atoms with Crippen LogP contribution in [0.4, 0.5) is 0 Å². The number of thiazole rings is 1. The van der Waals surface area contributed by atoms with Crippen LogP contribution in [0.25, 0.3) is 4.96 Å². The van der Waals surface area contributed by atoms with Crippen molar-refractivity contribution in [2.75, 3.05) is 0 Å². The van der Waals surface area contributed by atoms with Gasteiger partial charge in [0.15, 0.2) is 4.96 Å². The first-order chi connectivity index (χ1) is 10.1. The van der Waals surface area contributed by atoms with Gasteiger partial charge in [-0.05, 0) is 32.3 Å². The van der Waals surface area contributed by atoms with Gasteiger partial charge in [0.05, 0.1) is 5.69 Å². The molecule has 0 atom stereocenters. The van der Waals surface area contributed by atoms with Gasteiger partial charge in [0.25, 0.3) is 0 Å². The van der Waals surface area contributed by atoms with Crippen molar-refractivity contribution in [3.8, 4) is 0 Å². The molecule has 0 bridgehead atoms. The molecule has 0 radical (unpaired) electrons. The van der Waals surface area contributed by atoms with E-state index in [1.165, 1.54) is 5.56 Å². The summed E-state index contributed by atoms with van der Waals surface area (Å²) in [5.74, 6) is 0. The second-order valence-corrected chi connectivity index (χ2v) is 6.92. The van der Waals surface area contributed by atoms with Gasteiger partial charge in [-0.25, -0.2) is 4.98 Å². The van der Waals surface area contributed by atoms with Crippen molar-refractivity contribution < 1.29 is 0 Å². The van der Waals surface area contributed by atoms with Crippen LogP contribution in [0.2, 0.25) is 0 Å². The predicted molar refractivity (Wildman–Crippen MR) is 88.8 cm³/mol. The SMILES string of the molecule is CC(C)(CCc1ccccc1)NCc1cn2ccsc2n1. The Labute approximate surface area is 129 Å².